The average Bonchev–Trinajstić information content (AvgIpc) is 3.14. The predicted octanol–water partition coefficient (Wildman–Crippen LogP) is 2.61. The van der Waals surface area contributed by atoms with Gasteiger partial charge in [-0.1, -0.05) is 28.4 Å². The molecular weight excluding hydrogens is 359 g/mol. The minimum Gasteiger partial charge on any atom is -0.464 e. The van der Waals surface area contributed by atoms with E-state index in [0.717, 1.165) is 5.52 Å². The quantitative estimate of drug-likeness (QED) is 0.528. The molecule has 126 valence electrons. The van der Waals surface area contributed by atoms with Crippen LogP contribution in [0.1, 0.15) is 16.2 Å². The van der Waals surface area contributed by atoms with E-state index in [4.69, 9.17) is 37.7 Å². The molecule has 0 fully saturated rings. The predicted molar refractivity (Wildman–Crippen MR) is 85.7 cm³/mol. The van der Waals surface area contributed by atoms with E-state index >= 15 is 0 Å². The summed E-state index contributed by atoms with van der Waals surface area (Å²) in [7, 11) is 1.80. The lowest BCUT2D eigenvalue weighted by Gasteiger charge is -2.04. The Morgan fingerprint density at radius 3 is 2.88 bits per heavy atom. The van der Waals surface area contributed by atoms with Gasteiger partial charge in [0.05, 0.1) is 27.7 Å². The number of benzene rings is 1. The Morgan fingerprint density at radius 1 is 1.38 bits per heavy atom. The molecule has 0 aliphatic heterocycles. The lowest BCUT2D eigenvalue weighted by Crippen LogP contribution is -2.18. The van der Waals surface area contributed by atoms with Crippen LogP contribution in [0.3, 0.4) is 0 Å². The van der Waals surface area contributed by atoms with E-state index < -0.39 is 5.91 Å². The summed E-state index contributed by atoms with van der Waals surface area (Å²) in [5, 5.41) is 12.9. The van der Waals surface area contributed by atoms with E-state index in [1.54, 1.807) is 23.7 Å². The molecule has 3 aromatic rings. The van der Waals surface area contributed by atoms with E-state index in [-0.39, 0.29) is 12.3 Å². The molecule has 0 saturated heterocycles. The number of imidazole rings is 1. The largest absolute Gasteiger partial charge is 0.464 e. The number of hydrogen-bond acceptors (Lipinski definition) is 6. The van der Waals surface area contributed by atoms with Crippen LogP contribution < -0.4 is 10.2 Å². The highest BCUT2D eigenvalue weighted by atomic mass is 35.5. The Morgan fingerprint density at radius 2 is 2.12 bits per heavy atom. The van der Waals surface area contributed by atoms with Gasteiger partial charge >= 0.3 is 0 Å². The van der Waals surface area contributed by atoms with Crippen molar-refractivity contribution in [3.8, 4) is 6.01 Å². The van der Waals surface area contributed by atoms with Gasteiger partial charge in [0.1, 0.15) is 5.76 Å². The number of carbonyl (C=O) groups excluding carboxylic acids is 1. The molecule has 0 radical (unpaired) electrons. The third-order valence-electron chi connectivity index (χ3n) is 3.35. The Labute approximate surface area is 145 Å². The molecule has 0 atom stereocenters. The maximum absolute atomic E-state index is 11.2. The van der Waals surface area contributed by atoms with Crippen LogP contribution in [0.5, 0.6) is 6.01 Å². The van der Waals surface area contributed by atoms with E-state index in [9.17, 15) is 4.79 Å². The summed E-state index contributed by atoms with van der Waals surface area (Å²) in [5.74, 6) is -0.298. The number of ether oxygens (including phenoxy) is 1. The van der Waals surface area contributed by atoms with Crippen molar-refractivity contribution in [3.63, 3.8) is 0 Å². The summed E-state index contributed by atoms with van der Waals surface area (Å²) in [6.07, 6.45) is 0.371. The van der Waals surface area contributed by atoms with E-state index in [1.165, 1.54) is 11.5 Å². The maximum Gasteiger partial charge on any atom is 0.297 e. The minimum atomic E-state index is -0.741. The first-order valence-corrected chi connectivity index (χ1v) is 7.59. The zero-order chi connectivity index (χ0) is 17.3. The number of carbonyl (C=O) groups is 1. The van der Waals surface area contributed by atoms with Crippen LogP contribution in [0.4, 0.5) is 0 Å². The second-order valence-electron chi connectivity index (χ2n) is 4.93. The Bertz CT molecular complexity index is 906. The van der Waals surface area contributed by atoms with Crippen LogP contribution in [-0.2, 0) is 13.5 Å². The summed E-state index contributed by atoms with van der Waals surface area (Å²) in [6, 6.07) is 5.21. The fraction of sp³-hybridized carbons (Fsp3) is 0.214. The lowest BCUT2D eigenvalue weighted by atomic mass is 10.3. The molecule has 0 aliphatic rings. The molecule has 1 aromatic carbocycles. The molecule has 10 heteroatoms. The molecule has 1 amide bonds. The van der Waals surface area contributed by atoms with Crippen molar-refractivity contribution < 1.29 is 19.3 Å². The molecule has 2 N–H and O–H groups in total. The standard InChI is InChI=1S/C14H12Cl2N4O4/c1-20-12-6-9(16)8(15)5-10(12)17-14(20)23-3-2-7-4-11(19-24-7)13(21)18-22/h4-6,22H,2-3H2,1H3,(H,18,21). The highest BCUT2D eigenvalue weighted by molar-refractivity contribution is 6.42. The third-order valence-corrected chi connectivity index (χ3v) is 4.08. The molecule has 2 aromatic heterocycles. The number of nitrogens with one attached hydrogen (secondary N) is 1. The van der Waals surface area contributed by atoms with Gasteiger partial charge in [-0.05, 0) is 12.1 Å². The van der Waals surface area contributed by atoms with Crippen LogP contribution in [0.2, 0.25) is 10.0 Å². The number of amides is 1. The molecule has 0 spiro atoms. The van der Waals surface area contributed by atoms with Gasteiger partial charge in [0, 0.05) is 19.5 Å². The van der Waals surface area contributed by atoms with Crippen molar-refractivity contribution in [2.75, 3.05) is 6.61 Å². The summed E-state index contributed by atoms with van der Waals surface area (Å²) in [6.45, 7) is 0.258. The van der Waals surface area contributed by atoms with Crippen molar-refractivity contribution >= 4 is 40.1 Å². The fourth-order valence-corrected chi connectivity index (χ4v) is 2.45. The minimum absolute atomic E-state index is 0.0143. The highest BCUT2D eigenvalue weighted by Gasteiger charge is 2.14. The number of fused-ring (bicyclic) bond motifs is 1. The first-order valence-electron chi connectivity index (χ1n) is 6.84. The molecule has 8 nitrogen and oxygen atoms in total. The van der Waals surface area contributed by atoms with Gasteiger partial charge in [-0.15, -0.1) is 0 Å². The number of aromatic nitrogens is 3. The van der Waals surface area contributed by atoms with Crippen LogP contribution in [0.25, 0.3) is 11.0 Å². The second-order valence-corrected chi connectivity index (χ2v) is 5.74. The third kappa shape index (κ3) is 3.16. The van der Waals surface area contributed by atoms with Gasteiger partial charge in [-0.3, -0.25) is 14.6 Å². The monoisotopic (exact) mass is 370 g/mol. The summed E-state index contributed by atoms with van der Waals surface area (Å²) < 4.78 is 12.4. The Balaban J connectivity index is 1.69. The van der Waals surface area contributed by atoms with Gasteiger partial charge < -0.3 is 9.26 Å². The van der Waals surface area contributed by atoms with E-state index in [0.29, 0.717) is 33.8 Å². The summed E-state index contributed by atoms with van der Waals surface area (Å²) in [5.41, 5.74) is 2.93. The van der Waals surface area contributed by atoms with Gasteiger partial charge in [-0.25, -0.2) is 5.48 Å². The summed E-state index contributed by atoms with van der Waals surface area (Å²) in [4.78, 5) is 15.5. The van der Waals surface area contributed by atoms with Crippen LogP contribution in [0, 0.1) is 0 Å². The number of rotatable bonds is 5. The van der Waals surface area contributed by atoms with Gasteiger partial charge in [-0.2, -0.15) is 4.98 Å². The number of hydrogen-bond donors (Lipinski definition) is 2. The first-order chi connectivity index (χ1) is 11.5. The molecule has 24 heavy (non-hydrogen) atoms. The smallest absolute Gasteiger partial charge is 0.297 e. The van der Waals surface area contributed by atoms with Crippen molar-refractivity contribution in [1.82, 2.24) is 20.2 Å². The second kappa shape index (κ2) is 6.68. The summed E-state index contributed by atoms with van der Waals surface area (Å²) >= 11 is 12.0. The van der Waals surface area contributed by atoms with E-state index in [1.807, 2.05) is 0 Å². The molecule has 3 rings (SSSR count). The highest BCUT2D eigenvalue weighted by Crippen LogP contribution is 2.29. The van der Waals surface area contributed by atoms with Crippen molar-refractivity contribution in [2.45, 2.75) is 6.42 Å². The SMILES string of the molecule is Cn1c(OCCc2cc(C(=O)NO)no2)nc2cc(Cl)c(Cl)cc21. The topological polar surface area (TPSA) is 102 Å². The molecule has 0 saturated carbocycles. The molecule has 0 unspecified atom stereocenters. The normalized spacial score (nSPS) is 11.0. The first kappa shape index (κ1) is 16.6. The number of halogens is 2. The van der Waals surface area contributed by atoms with Crippen LogP contribution in [-0.4, -0.2) is 32.4 Å². The zero-order valence-electron chi connectivity index (χ0n) is 12.4. The van der Waals surface area contributed by atoms with Crippen LogP contribution >= 0.6 is 23.2 Å². The Hall–Kier alpha value is -2.29. The van der Waals surface area contributed by atoms with Gasteiger partial charge in [0.15, 0.2) is 5.69 Å². The molecule has 0 aliphatic carbocycles. The fourth-order valence-electron chi connectivity index (χ4n) is 2.13. The Kier molecular flexibility index (Phi) is 4.61. The number of aryl methyl sites for hydroxylation is 1. The zero-order valence-corrected chi connectivity index (χ0v) is 13.9. The van der Waals surface area contributed by atoms with Crippen LogP contribution in [0.15, 0.2) is 22.7 Å². The average molecular weight is 371 g/mol. The van der Waals surface area contributed by atoms with Gasteiger partial charge in [0.25, 0.3) is 11.9 Å². The maximum atomic E-state index is 11.2. The number of nitrogens with zero attached hydrogens (tertiary/aromatic N) is 3. The molecular formula is C14H12Cl2N4O4. The van der Waals surface area contributed by atoms with Crippen molar-refractivity contribution in [2.24, 2.45) is 7.05 Å². The van der Waals surface area contributed by atoms with Crippen molar-refractivity contribution in [1.29, 1.82) is 0 Å². The van der Waals surface area contributed by atoms with E-state index in [2.05, 4.69) is 10.1 Å². The lowest BCUT2D eigenvalue weighted by molar-refractivity contribution is 0.0696. The van der Waals surface area contributed by atoms with Gasteiger partial charge in [0.2, 0.25) is 0 Å². The van der Waals surface area contributed by atoms with Crippen molar-refractivity contribution in [3.05, 3.63) is 39.7 Å². The molecule has 0 bridgehead atoms. The number of hydroxylamine groups is 1. The molecule has 2 heterocycles.